The Kier molecular flexibility index (Phi) is 2.42. The number of hydrogen-bond acceptors (Lipinski definition) is 3. The number of halogens is 2. The molecule has 0 unspecified atom stereocenters. The minimum absolute atomic E-state index is 0.340. The number of furan rings is 1. The molecule has 2 rings (SSSR count). The van der Waals surface area contributed by atoms with Crippen LogP contribution in [0.3, 0.4) is 0 Å². The van der Waals surface area contributed by atoms with Gasteiger partial charge in [0.15, 0.2) is 23.1 Å². The molecular formula is C8H5BrClNO2. The summed E-state index contributed by atoms with van der Waals surface area (Å²) in [5.74, 6) is 1.21. The summed E-state index contributed by atoms with van der Waals surface area (Å²) < 4.78 is 10.3. The molecular weight excluding hydrogens is 257 g/mol. The highest BCUT2D eigenvalue weighted by Crippen LogP contribution is 2.28. The second kappa shape index (κ2) is 3.55. The lowest BCUT2D eigenvalue weighted by Crippen LogP contribution is -1.79. The molecule has 0 atom stereocenters. The van der Waals surface area contributed by atoms with Gasteiger partial charge in [-0.05, 0) is 23.7 Å². The zero-order valence-corrected chi connectivity index (χ0v) is 8.80. The normalized spacial score (nSPS) is 10.6. The van der Waals surface area contributed by atoms with Gasteiger partial charge in [-0.3, -0.25) is 0 Å². The van der Waals surface area contributed by atoms with Crippen LogP contribution in [0.5, 0.6) is 0 Å². The maximum Gasteiger partial charge on any atom is 0.194 e. The van der Waals surface area contributed by atoms with Crippen molar-refractivity contribution in [3.63, 3.8) is 0 Å². The van der Waals surface area contributed by atoms with Crippen molar-refractivity contribution in [1.82, 2.24) is 4.98 Å². The molecule has 0 fully saturated rings. The van der Waals surface area contributed by atoms with Crippen LogP contribution in [0.2, 0.25) is 5.22 Å². The van der Waals surface area contributed by atoms with E-state index >= 15 is 0 Å². The molecule has 0 bridgehead atoms. The molecule has 2 heterocycles. The maximum absolute atomic E-state index is 5.63. The molecule has 0 amide bonds. The highest BCUT2D eigenvalue weighted by atomic mass is 79.9. The first-order valence-electron chi connectivity index (χ1n) is 3.55. The van der Waals surface area contributed by atoms with E-state index in [1.165, 1.54) is 6.39 Å². The second-order valence-corrected chi connectivity index (χ2v) is 3.30. The van der Waals surface area contributed by atoms with Crippen molar-refractivity contribution in [1.29, 1.82) is 0 Å². The molecule has 13 heavy (non-hydrogen) atoms. The Balaban J connectivity index is 2.45. The van der Waals surface area contributed by atoms with Gasteiger partial charge in [0, 0.05) is 5.33 Å². The fourth-order valence-corrected chi connectivity index (χ4v) is 1.55. The lowest BCUT2D eigenvalue weighted by Gasteiger charge is -1.91. The molecule has 68 valence electrons. The zero-order chi connectivity index (χ0) is 9.26. The lowest BCUT2D eigenvalue weighted by molar-refractivity contribution is 0.521. The average Bonchev–Trinajstić information content (AvgIpc) is 2.71. The van der Waals surface area contributed by atoms with Gasteiger partial charge < -0.3 is 8.83 Å². The highest BCUT2D eigenvalue weighted by Gasteiger charge is 2.12. The van der Waals surface area contributed by atoms with E-state index < -0.39 is 0 Å². The van der Waals surface area contributed by atoms with E-state index in [9.17, 15) is 0 Å². The predicted molar refractivity (Wildman–Crippen MR) is 51.8 cm³/mol. The van der Waals surface area contributed by atoms with Crippen molar-refractivity contribution in [2.75, 3.05) is 0 Å². The van der Waals surface area contributed by atoms with Crippen molar-refractivity contribution in [3.8, 4) is 11.5 Å². The SMILES string of the molecule is Clc1ccc(-c2ocnc2CBr)o1. The van der Waals surface area contributed by atoms with Crippen LogP contribution in [0.15, 0.2) is 27.4 Å². The monoisotopic (exact) mass is 261 g/mol. The van der Waals surface area contributed by atoms with Gasteiger partial charge in [0.1, 0.15) is 5.69 Å². The van der Waals surface area contributed by atoms with Gasteiger partial charge in [0.05, 0.1) is 0 Å². The standard InChI is InChI=1S/C8H5BrClNO2/c9-3-5-8(12-4-11-5)6-1-2-7(10)13-6/h1-2,4H,3H2. The summed E-state index contributed by atoms with van der Waals surface area (Å²) in [6.45, 7) is 0. The summed E-state index contributed by atoms with van der Waals surface area (Å²) in [5, 5.41) is 0.962. The first-order chi connectivity index (χ1) is 6.31. The molecule has 2 aromatic rings. The molecule has 0 radical (unpaired) electrons. The molecule has 0 aliphatic carbocycles. The predicted octanol–water partition coefficient (Wildman–Crippen LogP) is 3.48. The summed E-state index contributed by atoms with van der Waals surface area (Å²) in [7, 11) is 0. The van der Waals surface area contributed by atoms with Crippen LogP contribution in [0.25, 0.3) is 11.5 Å². The van der Waals surface area contributed by atoms with Gasteiger partial charge in [0.2, 0.25) is 0 Å². The Morgan fingerprint density at radius 1 is 1.46 bits per heavy atom. The number of aromatic nitrogens is 1. The van der Waals surface area contributed by atoms with Crippen LogP contribution in [0, 0.1) is 0 Å². The third-order valence-corrected chi connectivity index (χ3v) is 2.30. The molecule has 0 aliphatic heterocycles. The number of hydrogen-bond donors (Lipinski definition) is 0. The molecule has 0 aliphatic rings. The van der Waals surface area contributed by atoms with Gasteiger partial charge in [-0.1, -0.05) is 15.9 Å². The zero-order valence-electron chi connectivity index (χ0n) is 6.46. The Bertz CT molecular complexity index is 410. The van der Waals surface area contributed by atoms with Crippen molar-refractivity contribution in [2.24, 2.45) is 0 Å². The van der Waals surface area contributed by atoms with Crippen molar-refractivity contribution >= 4 is 27.5 Å². The summed E-state index contributed by atoms with van der Waals surface area (Å²) in [5.41, 5.74) is 0.797. The lowest BCUT2D eigenvalue weighted by atomic mass is 10.3. The van der Waals surface area contributed by atoms with Gasteiger partial charge in [-0.15, -0.1) is 0 Å². The van der Waals surface area contributed by atoms with Crippen LogP contribution >= 0.6 is 27.5 Å². The first-order valence-corrected chi connectivity index (χ1v) is 5.05. The Labute approximate surface area is 87.8 Å². The first kappa shape index (κ1) is 8.84. The summed E-state index contributed by atoms with van der Waals surface area (Å²) >= 11 is 8.93. The molecule has 2 aromatic heterocycles. The van der Waals surface area contributed by atoms with Crippen LogP contribution in [-0.4, -0.2) is 4.98 Å². The van der Waals surface area contributed by atoms with Crippen molar-refractivity contribution in [2.45, 2.75) is 5.33 Å². The Hall–Kier alpha value is -0.740. The molecule has 3 nitrogen and oxygen atoms in total. The molecule has 0 N–H and O–H groups in total. The van der Waals surface area contributed by atoms with Crippen LogP contribution in [-0.2, 0) is 5.33 Å². The maximum atomic E-state index is 5.63. The highest BCUT2D eigenvalue weighted by molar-refractivity contribution is 9.08. The van der Waals surface area contributed by atoms with E-state index in [0.29, 0.717) is 22.1 Å². The Morgan fingerprint density at radius 2 is 2.31 bits per heavy atom. The molecule has 0 spiro atoms. The fraction of sp³-hybridized carbons (Fsp3) is 0.125. The summed E-state index contributed by atoms with van der Waals surface area (Å²) in [6, 6.07) is 3.41. The van der Waals surface area contributed by atoms with Gasteiger partial charge in [-0.25, -0.2) is 4.98 Å². The van der Waals surface area contributed by atoms with E-state index in [2.05, 4.69) is 20.9 Å². The van der Waals surface area contributed by atoms with Crippen molar-refractivity contribution < 1.29 is 8.83 Å². The van der Waals surface area contributed by atoms with Gasteiger partial charge >= 0.3 is 0 Å². The molecule has 0 saturated carbocycles. The number of rotatable bonds is 2. The number of oxazole rings is 1. The minimum atomic E-state index is 0.340. The molecule has 0 saturated heterocycles. The minimum Gasteiger partial charge on any atom is -0.441 e. The van der Waals surface area contributed by atoms with E-state index in [4.69, 9.17) is 20.4 Å². The topological polar surface area (TPSA) is 39.2 Å². The summed E-state index contributed by atoms with van der Waals surface area (Å²) in [6.07, 6.45) is 1.38. The van der Waals surface area contributed by atoms with Crippen LogP contribution in [0.1, 0.15) is 5.69 Å². The van der Waals surface area contributed by atoms with E-state index in [0.717, 1.165) is 5.69 Å². The average molecular weight is 262 g/mol. The van der Waals surface area contributed by atoms with E-state index in [-0.39, 0.29) is 0 Å². The molecule has 0 aromatic carbocycles. The van der Waals surface area contributed by atoms with E-state index in [1.807, 2.05) is 0 Å². The fourth-order valence-electron chi connectivity index (χ4n) is 1.00. The van der Waals surface area contributed by atoms with Gasteiger partial charge in [-0.2, -0.15) is 0 Å². The largest absolute Gasteiger partial charge is 0.441 e. The van der Waals surface area contributed by atoms with Crippen molar-refractivity contribution in [3.05, 3.63) is 29.4 Å². The van der Waals surface area contributed by atoms with E-state index in [1.54, 1.807) is 12.1 Å². The van der Waals surface area contributed by atoms with Crippen LogP contribution in [0.4, 0.5) is 0 Å². The third kappa shape index (κ3) is 1.64. The second-order valence-electron chi connectivity index (χ2n) is 2.37. The Morgan fingerprint density at radius 3 is 2.92 bits per heavy atom. The molecule has 5 heteroatoms. The van der Waals surface area contributed by atoms with Crippen LogP contribution < -0.4 is 0 Å². The third-order valence-electron chi connectivity index (χ3n) is 1.56. The van der Waals surface area contributed by atoms with Gasteiger partial charge in [0.25, 0.3) is 0 Å². The number of nitrogens with zero attached hydrogens (tertiary/aromatic N) is 1. The summed E-state index contributed by atoms with van der Waals surface area (Å²) in [4.78, 5) is 4.00. The number of alkyl halides is 1. The quantitative estimate of drug-likeness (QED) is 0.778. The smallest absolute Gasteiger partial charge is 0.194 e.